The standard InChI is InChI=1S/C17H14N4O4/c22-15(20-25)12-6-4-11(5-7-12)9-19-16(23)13-10-18-14-3-1-2-8-21(14)17(13)24/h1-8,10,25H,9H2,(H,19,23)(H,20,22). The normalized spacial score (nSPS) is 10.4. The fourth-order valence-electron chi connectivity index (χ4n) is 2.30. The lowest BCUT2D eigenvalue weighted by Gasteiger charge is -2.07. The molecule has 0 aliphatic rings. The van der Waals surface area contributed by atoms with Crippen molar-refractivity contribution >= 4 is 17.5 Å². The molecule has 0 bridgehead atoms. The van der Waals surface area contributed by atoms with Crippen LogP contribution >= 0.6 is 0 Å². The molecule has 0 aliphatic carbocycles. The van der Waals surface area contributed by atoms with E-state index in [4.69, 9.17) is 5.21 Å². The van der Waals surface area contributed by atoms with Crippen LogP contribution < -0.4 is 16.4 Å². The SMILES string of the molecule is O=C(NO)c1ccc(CNC(=O)c2cnc3ccccn3c2=O)cc1. The highest BCUT2D eigenvalue weighted by atomic mass is 16.5. The molecular formula is C17H14N4O4. The molecule has 1 aromatic carbocycles. The van der Waals surface area contributed by atoms with Gasteiger partial charge in [-0.25, -0.2) is 10.5 Å². The van der Waals surface area contributed by atoms with Gasteiger partial charge in [0.2, 0.25) is 0 Å². The summed E-state index contributed by atoms with van der Waals surface area (Å²) in [6.45, 7) is 0.177. The Morgan fingerprint density at radius 2 is 1.84 bits per heavy atom. The van der Waals surface area contributed by atoms with Gasteiger partial charge in [0.15, 0.2) is 0 Å². The van der Waals surface area contributed by atoms with Crippen molar-refractivity contribution in [2.24, 2.45) is 0 Å². The highest BCUT2D eigenvalue weighted by Crippen LogP contribution is 2.05. The minimum atomic E-state index is -0.620. The molecule has 0 saturated carbocycles. The van der Waals surface area contributed by atoms with Gasteiger partial charge in [0, 0.05) is 24.5 Å². The van der Waals surface area contributed by atoms with Crippen LogP contribution in [0.1, 0.15) is 26.3 Å². The van der Waals surface area contributed by atoms with Crippen molar-refractivity contribution < 1.29 is 14.8 Å². The van der Waals surface area contributed by atoms with E-state index in [1.807, 2.05) is 0 Å². The van der Waals surface area contributed by atoms with Crippen molar-refractivity contribution in [3.05, 3.63) is 81.9 Å². The molecule has 126 valence electrons. The third-order valence-corrected chi connectivity index (χ3v) is 3.63. The maximum absolute atomic E-state index is 12.3. The Hall–Kier alpha value is -3.52. The van der Waals surface area contributed by atoms with Crippen molar-refractivity contribution in [2.75, 3.05) is 0 Å². The molecule has 2 heterocycles. The van der Waals surface area contributed by atoms with Crippen LogP contribution in [0.5, 0.6) is 0 Å². The van der Waals surface area contributed by atoms with Gasteiger partial charge in [-0.15, -0.1) is 0 Å². The van der Waals surface area contributed by atoms with Gasteiger partial charge in [0.1, 0.15) is 11.2 Å². The Kier molecular flexibility index (Phi) is 4.53. The molecule has 0 spiro atoms. The number of nitrogens with one attached hydrogen (secondary N) is 2. The Bertz CT molecular complexity index is 995. The topological polar surface area (TPSA) is 113 Å². The molecule has 25 heavy (non-hydrogen) atoms. The number of hydrogen-bond acceptors (Lipinski definition) is 5. The Balaban J connectivity index is 1.74. The van der Waals surface area contributed by atoms with Gasteiger partial charge < -0.3 is 5.32 Å². The number of benzene rings is 1. The van der Waals surface area contributed by atoms with E-state index in [1.165, 1.54) is 22.7 Å². The fourth-order valence-corrected chi connectivity index (χ4v) is 2.30. The maximum atomic E-state index is 12.3. The zero-order valence-corrected chi connectivity index (χ0v) is 13.0. The molecule has 0 atom stereocenters. The van der Waals surface area contributed by atoms with Crippen LogP contribution in [0.3, 0.4) is 0 Å². The Morgan fingerprint density at radius 1 is 1.08 bits per heavy atom. The van der Waals surface area contributed by atoms with Crippen molar-refractivity contribution in [2.45, 2.75) is 6.54 Å². The zero-order valence-electron chi connectivity index (χ0n) is 13.0. The molecule has 0 aliphatic heterocycles. The van der Waals surface area contributed by atoms with Crippen molar-refractivity contribution in [1.82, 2.24) is 20.2 Å². The number of pyridine rings is 1. The number of carbonyl (C=O) groups is 2. The molecule has 8 nitrogen and oxygen atoms in total. The summed E-state index contributed by atoms with van der Waals surface area (Å²) in [4.78, 5) is 39.9. The molecule has 0 unspecified atom stereocenters. The van der Waals surface area contributed by atoms with Gasteiger partial charge >= 0.3 is 0 Å². The number of aromatic nitrogens is 2. The van der Waals surface area contributed by atoms with E-state index < -0.39 is 17.4 Å². The lowest BCUT2D eigenvalue weighted by molar-refractivity contribution is 0.0706. The lowest BCUT2D eigenvalue weighted by Crippen LogP contribution is -2.31. The molecular weight excluding hydrogens is 324 g/mol. The van der Waals surface area contributed by atoms with E-state index in [0.717, 1.165) is 5.56 Å². The second-order valence-electron chi connectivity index (χ2n) is 5.23. The monoisotopic (exact) mass is 338 g/mol. The van der Waals surface area contributed by atoms with Crippen LogP contribution in [0, 0.1) is 0 Å². The molecule has 3 N–H and O–H groups in total. The molecule has 2 amide bonds. The maximum Gasteiger partial charge on any atom is 0.274 e. The average molecular weight is 338 g/mol. The minimum absolute atomic E-state index is 0.0556. The number of hydrogen-bond donors (Lipinski definition) is 3. The summed E-state index contributed by atoms with van der Waals surface area (Å²) in [5.41, 5.74) is 2.52. The molecule has 0 fully saturated rings. The second kappa shape index (κ2) is 6.93. The van der Waals surface area contributed by atoms with E-state index in [-0.39, 0.29) is 17.7 Å². The van der Waals surface area contributed by atoms with E-state index in [9.17, 15) is 14.4 Å². The quantitative estimate of drug-likeness (QED) is 0.480. The van der Waals surface area contributed by atoms with Gasteiger partial charge in [-0.2, -0.15) is 0 Å². The van der Waals surface area contributed by atoms with Crippen LogP contribution in [-0.2, 0) is 6.54 Å². The second-order valence-corrected chi connectivity index (χ2v) is 5.23. The zero-order chi connectivity index (χ0) is 17.8. The van der Waals surface area contributed by atoms with Gasteiger partial charge in [0.05, 0.1) is 0 Å². The summed E-state index contributed by atoms with van der Waals surface area (Å²) in [5, 5.41) is 11.2. The van der Waals surface area contributed by atoms with Gasteiger partial charge in [-0.1, -0.05) is 18.2 Å². The van der Waals surface area contributed by atoms with Crippen molar-refractivity contribution in [1.29, 1.82) is 0 Å². The van der Waals surface area contributed by atoms with Gasteiger partial charge in [-0.05, 0) is 29.8 Å². The summed E-state index contributed by atoms with van der Waals surface area (Å²) in [6, 6.07) is 11.4. The molecule has 0 radical (unpaired) electrons. The summed E-state index contributed by atoms with van der Waals surface area (Å²) in [5.74, 6) is -1.15. The van der Waals surface area contributed by atoms with Gasteiger partial charge in [-0.3, -0.25) is 24.0 Å². The summed E-state index contributed by atoms with van der Waals surface area (Å²) >= 11 is 0. The highest BCUT2D eigenvalue weighted by molar-refractivity contribution is 5.94. The molecule has 8 heteroatoms. The number of carbonyl (C=O) groups excluding carboxylic acids is 2. The van der Waals surface area contributed by atoms with Crippen LogP contribution in [-0.4, -0.2) is 26.4 Å². The van der Waals surface area contributed by atoms with E-state index >= 15 is 0 Å². The first-order chi connectivity index (χ1) is 12.1. The van der Waals surface area contributed by atoms with Crippen LogP contribution in [0.2, 0.25) is 0 Å². The van der Waals surface area contributed by atoms with Crippen molar-refractivity contribution in [3.63, 3.8) is 0 Å². The number of amides is 2. The smallest absolute Gasteiger partial charge is 0.274 e. The number of rotatable bonds is 4. The molecule has 3 rings (SSSR count). The number of nitrogens with zero attached hydrogens (tertiary/aromatic N) is 2. The third-order valence-electron chi connectivity index (χ3n) is 3.63. The predicted molar refractivity (Wildman–Crippen MR) is 88.3 cm³/mol. The Morgan fingerprint density at radius 3 is 2.56 bits per heavy atom. The Labute approximate surface area is 141 Å². The van der Waals surface area contributed by atoms with Crippen LogP contribution in [0.4, 0.5) is 0 Å². The first-order valence-electron chi connectivity index (χ1n) is 7.38. The first-order valence-corrected chi connectivity index (χ1v) is 7.38. The summed E-state index contributed by atoms with van der Waals surface area (Å²) in [6.07, 6.45) is 2.80. The highest BCUT2D eigenvalue weighted by Gasteiger charge is 2.13. The average Bonchev–Trinajstić information content (AvgIpc) is 2.66. The third kappa shape index (κ3) is 3.38. The van der Waals surface area contributed by atoms with Crippen LogP contribution in [0.25, 0.3) is 5.65 Å². The molecule has 2 aromatic heterocycles. The van der Waals surface area contributed by atoms with Gasteiger partial charge in [0.25, 0.3) is 17.4 Å². The summed E-state index contributed by atoms with van der Waals surface area (Å²) in [7, 11) is 0. The molecule has 3 aromatic rings. The van der Waals surface area contributed by atoms with E-state index in [0.29, 0.717) is 5.65 Å². The largest absolute Gasteiger partial charge is 0.348 e. The predicted octanol–water partition coefficient (Wildman–Crippen LogP) is 0.743. The minimum Gasteiger partial charge on any atom is -0.348 e. The first kappa shape index (κ1) is 16.3. The number of hydroxylamine groups is 1. The molecule has 0 saturated heterocycles. The fraction of sp³-hybridized carbons (Fsp3) is 0.0588. The van der Waals surface area contributed by atoms with Crippen molar-refractivity contribution in [3.8, 4) is 0 Å². The van der Waals surface area contributed by atoms with Crippen LogP contribution in [0.15, 0.2) is 59.7 Å². The van der Waals surface area contributed by atoms with E-state index in [2.05, 4.69) is 10.3 Å². The lowest BCUT2D eigenvalue weighted by atomic mass is 10.1. The number of fused-ring (bicyclic) bond motifs is 1. The summed E-state index contributed by atoms with van der Waals surface area (Å²) < 4.78 is 1.30. The van der Waals surface area contributed by atoms with E-state index in [1.54, 1.807) is 42.0 Å².